The van der Waals surface area contributed by atoms with Gasteiger partial charge in [0, 0.05) is 12.0 Å². The van der Waals surface area contributed by atoms with E-state index < -0.39 is 0 Å². The quantitative estimate of drug-likeness (QED) is 0.551. The van der Waals surface area contributed by atoms with E-state index in [1.807, 2.05) is 17.5 Å². The summed E-state index contributed by atoms with van der Waals surface area (Å²) in [7, 11) is 0. The van der Waals surface area contributed by atoms with Crippen molar-refractivity contribution in [2.75, 3.05) is 19.6 Å². The maximum absolute atomic E-state index is 13.2. The van der Waals surface area contributed by atoms with Gasteiger partial charge < -0.3 is 4.42 Å². The van der Waals surface area contributed by atoms with Crippen molar-refractivity contribution in [2.24, 2.45) is 11.0 Å². The summed E-state index contributed by atoms with van der Waals surface area (Å²) in [6, 6.07) is 16.4. The van der Waals surface area contributed by atoms with E-state index in [1.54, 1.807) is 22.6 Å². The number of piperidine rings is 1. The minimum atomic E-state index is -0.159. The predicted octanol–water partition coefficient (Wildman–Crippen LogP) is 4.97. The molecule has 1 saturated heterocycles. The Labute approximate surface area is 187 Å². The number of rotatable bonds is 6. The number of nitrogens with zero attached hydrogens (tertiary/aromatic N) is 3. The Morgan fingerprint density at radius 3 is 2.65 bits per heavy atom. The van der Waals surface area contributed by atoms with Gasteiger partial charge in [0.1, 0.15) is 11.8 Å². The lowest BCUT2D eigenvalue weighted by atomic mass is 9.90. The van der Waals surface area contributed by atoms with Crippen molar-refractivity contribution in [1.29, 1.82) is 0 Å². The molecule has 31 heavy (non-hydrogen) atoms. The summed E-state index contributed by atoms with van der Waals surface area (Å²) in [6.07, 6.45) is 5.75. The Balaban J connectivity index is 1.21. The first-order valence-corrected chi connectivity index (χ1v) is 11.9. The number of hydrogen-bond donors (Lipinski definition) is 0. The molecule has 5 nitrogen and oxygen atoms in total. The van der Waals surface area contributed by atoms with Crippen LogP contribution in [-0.4, -0.2) is 41.2 Å². The van der Waals surface area contributed by atoms with Crippen LogP contribution in [0.5, 0.6) is 0 Å². The number of thiophene rings is 1. The third-order valence-corrected chi connectivity index (χ3v) is 7.01. The Morgan fingerprint density at radius 1 is 1.10 bits per heavy atom. The third kappa shape index (κ3) is 4.65. The first-order chi connectivity index (χ1) is 15.3. The van der Waals surface area contributed by atoms with Gasteiger partial charge in [-0.3, -0.25) is 9.69 Å². The fourth-order valence-corrected chi connectivity index (χ4v) is 5.27. The molecule has 3 aromatic rings. The number of carbonyl (C=O) groups excluding carboxylic acids is 1. The average Bonchev–Trinajstić information content (AvgIpc) is 3.56. The highest BCUT2D eigenvalue weighted by Crippen LogP contribution is 2.33. The fraction of sp³-hybridized carbons (Fsp3) is 0.360. The molecule has 0 saturated carbocycles. The maximum Gasteiger partial charge on any atom is 0.257 e. The van der Waals surface area contributed by atoms with Gasteiger partial charge in [0.25, 0.3) is 5.91 Å². The first-order valence-electron chi connectivity index (χ1n) is 11.0. The summed E-state index contributed by atoms with van der Waals surface area (Å²) < 4.78 is 5.65. The molecule has 6 heteroatoms. The summed E-state index contributed by atoms with van der Waals surface area (Å²) in [6.45, 7) is 2.34. The normalized spacial score (nSPS) is 20.2. The largest absolute Gasteiger partial charge is 0.467 e. The number of hydrogen-bond acceptors (Lipinski definition) is 5. The van der Waals surface area contributed by atoms with Crippen molar-refractivity contribution in [3.63, 3.8) is 0 Å². The van der Waals surface area contributed by atoms with Gasteiger partial charge in [0.15, 0.2) is 0 Å². The smallest absolute Gasteiger partial charge is 0.257 e. The molecular weight excluding hydrogens is 406 g/mol. The second-order valence-corrected chi connectivity index (χ2v) is 9.22. The molecule has 1 unspecified atom stereocenters. The molecule has 2 aromatic heterocycles. The summed E-state index contributed by atoms with van der Waals surface area (Å²) in [5.74, 6) is 1.54. The number of hydrazone groups is 1. The van der Waals surface area contributed by atoms with Crippen LogP contribution < -0.4 is 0 Å². The van der Waals surface area contributed by atoms with Crippen LogP contribution in [0.25, 0.3) is 0 Å². The van der Waals surface area contributed by atoms with Gasteiger partial charge in [-0.05, 0) is 72.8 Å². The summed E-state index contributed by atoms with van der Waals surface area (Å²) in [5.41, 5.74) is 3.46. The minimum Gasteiger partial charge on any atom is -0.467 e. The lowest BCUT2D eigenvalue weighted by Gasteiger charge is -2.32. The number of carbonyl (C=O) groups is 1. The van der Waals surface area contributed by atoms with Crippen molar-refractivity contribution in [2.45, 2.75) is 31.7 Å². The Bertz CT molecular complexity index is 1010. The number of benzene rings is 1. The van der Waals surface area contributed by atoms with Crippen LogP contribution in [0.1, 0.15) is 42.2 Å². The zero-order valence-corrected chi connectivity index (χ0v) is 18.3. The minimum absolute atomic E-state index is 0.0492. The molecule has 4 heterocycles. The van der Waals surface area contributed by atoms with Crippen LogP contribution in [-0.2, 0) is 11.2 Å². The number of amides is 1. The summed E-state index contributed by atoms with van der Waals surface area (Å²) in [5, 5.41) is 10.5. The van der Waals surface area contributed by atoms with Crippen LogP contribution in [0.2, 0.25) is 0 Å². The van der Waals surface area contributed by atoms with Crippen molar-refractivity contribution in [3.8, 4) is 0 Å². The Hall–Kier alpha value is -2.70. The molecule has 0 spiro atoms. The molecule has 2 aliphatic rings. The Morgan fingerprint density at radius 2 is 1.94 bits per heavy atom. The molecule has 1 amide bonds. The SMILES string of the molecule is O=C(CN1CCC(Cc2ccccc2)CC1)N1N=C(c2ccsc2)CC1c1ccco1. The van der Waals surface area contributed by atoms with Gasteiger partial charge in [0.05, 0.1) is 18.5 Å². The number of likely N-dealkylation sites (tertiary alicyclic amines) is 1. The second kappa shape index (κ2) is 9.20. The highest BCUT2D eigenvalue weighted by molar-refractivity contribution is 7.08. The summed E-state index contributed by atoms with van der Waals surface area (Å²) in [4.78, 5) is 15.5. The van der Waals surface area contributed by atoms with Gasteiger partial charge in [-0.1, -0.05) is 30.3 Å². The van der Waals surface area contributed by atoms with Crippen molar-refractivity contribution in [3.05, 3.63) is 82.4 Å². The second-order valence-electron chi connectivity index (χ2n) is 8.44. The van der Waals surface area contributed by atoms with E-state index in [-0.39, 0.29) is 11.9 Å². The van der Waals surface area contributed by atoms with E-state index in [2.05, 4.69) is 46.7 Å². The van der Waals surface area contributed by atoms with Crippen molar-refractivity contribution < 1.29 is 9.21 Å². The fourth-order valence-electron chi connectivity index (χ4n) is 4.61. The maximum atomic E-state index is 13.2. The van der Waals surface area contributed by atoms with Crippen LogP contribution >= 0.6 is 11.3 Å². The lowest BCUT2D eigenvalue weighted by Crippen LogP contribution is -2.42. The number of furan rings is 1. The van der Waals surface area contributed by atoms with Gasteiger partial charge in [-0.15, -0.1) is 0 Å². The molecular formula is C25H27N3O2S. The molecule has 5 rings (SSSR count). The monoisotopic (exact) mass is 433 g/mol. The predicted molar refractivity (Wildman–Crippen MR) is 123 cm³/mol. The molecule has 160 valence electrons. The van der Waals surface area contributed by atoms with E-state index in [1.165, 1.54) is 5.56 Å². The summed E-state index contributed by atoms with van der Waals surface area (Å²) >= 11 is 1.65. The molecule has 1 fully saturated rings. The molecule has 2 aliphatic heterocycles. The first kappa shape index (κ1) is 20.2. The van der Waals surface area contributed by atoms with E-state index in [9.17, 15) is 4.79 Å². The van der Waals surface area contributed by atoms with Gasteiger partial charge in [-0.25, -0.2) is 5.01 Å². The topological polar surface area (TPSA) is 49.1 Å². The molecule has 1 atom stereocenters. The molecule has 0 radical (unpaired) electrons. The molecule has 1 aromatic carbocycles. The average molecular weight is 434 g/mol. The van der Waals surface area contributed by atoms with E-state index in [0.717, 1.165) is 49.4 Å². The lowest BCUT2D eigenvalue weighted by molar-refractivity contribution is -0.135. The van der Waals surface area contributed by atoms with Crippen LogP contribution in [0.15, 0.2) is 75.1 Å². The zero-order valence-electron chi connectivity index (χ0n) is 17.5. The van der Waals surface area contributed by atoms with Gasteiger partial charge >= 0.3 is 0 Å². The highest BCUT2D eigenvalue weighted by Gasteiger charge is 2.35. The zero-order chi connectivity index (χ0) is 21.0. The van der Waals surface area contributed by atoms with Crippen molar-refractivity contribution >= 4 is 23.0 Å². The van der Waals surface area contributed by atoms with E-state index in [0.29, 0.717) is 18.9 Å². The standard InChI is InChI=1S/C25H27N3O2S/c29-25(17-27-11-8-20(9-12-27)15-19-5-2-1-3-6-19)28-23(24-7-4-13-30-24)16-22(26-28)21-10-14-31-18-21/h1-7,10,13-14,18,20,23H,8-9,11-12,15-17H2. The van der Waals surface area contributed by atoms with Crippen molar-refractivity contribution in [1.82, 2.24) is 9.91 Å². The molecule has 0 aliphatic carbocycles. The third-order valence-electron chi connectivity index (χ3n) is 6.33. The highest BCUT2D eigenvalue weighted by atomic mass is 32.1. The van der Waals surface area contributed by atoms with Crippen LogP contribution in [0.4, 0.5) is 0 Å². The van der Waals surface area contributed by atoms with Crippen LogP contribution in [0.3, 0.4) is 0 Å². The molecule has 0 bridgehead atoms. The van der Waals surface area contributed by atoms with E-state index >= 15 is 0 Å². The van der Waals surface area contributed by atoms with Crippen LogP contribution in [0, 0.1) is 5.92 Å². The van der Waals surface area contributed by atoms with Gasteiger partial charge in [-0.2, -0.15) is 16.4 Å². The van der Waals surface area contributed by atoms with Gasteiger partial charge in [0.2, 0.25) is 0 Å². The van der Waals surface area contributed by atoms with E-state index in [4.69, 9.17) is 9.52 Å². The molecule has 0 N–H and O–H groups in total. The Kier molecular flexibility index (Phi) is 6.00.